The maximum atomic E-state index is 12.9. The topological polar surface area (TPSA) is 66.5 Å². The Balaban J connectivity index is 1.82. The van der Waals surface area contributed by atoms with Gasteiger partial charge in [0.25, 0.3) is 0 Å². The van der Waals surface area contributed by atoms with Gasteiger partial charge in [0.05, 0.1) is 12.8 Å². The molecule has 1 amide bonds. The van der Waals surface area contributed by atoms with Crippen molar-refractivity contribution in [2.45, 2.75) is 26.3 Å². The second-order valence-corrected chi connectivity index (χ2v) is 8.58. The van der Waals surface area contributed by atoms with Gasteiger partial charge in [-0.1, -0.05) is 42.0 Å². The Morgan fingerprint density at radius 3 is 2.22 bits per heavy atom. The number of hydrogen-bond acceptors (Lipinski definition) is 3. The summed E-state index contributed by atoms with van der Waals surface area (Å²) in [7, 11) is -3.51. The molecule has 0 bridgehead atoms. The van der Waals surface area contributed by atoms with Crippen molar-refractivity contribution in [3.05, 3.63) is 71.0 Å². The van der Waals surface area contributed by atoms with E-state index < -0.39 is 10.0 Å². The van der Waals surface area contributed by atoms with Crippen LogP contribution in [0.25, 0.3) is 0 Å². The molecule has 0 heterocycles. The summed E-state index contributed by atoms with van der Waals surface area (Å²) in [6.45, 7) is 2.32. The van der Waals surface area contributed by atoms with Crippen molar-refractivity contribution in [2.24, 2.45) is 0 Å². The summed E-state index contributed by atoms with van der Waals surface area (Å²) in [6, 6.07) is 13.8. The molecule has 27 heavy (non-hydrogen) atoms. The first kappa shape index (κ1) is 21.1. The van der Waals surface area contributed by atoms with E-state index in [2.05, 4.69) is 5.32 Å². The molecule has 0 spiro atoms. The molecule has 0 aliphatic heterocycles. The van der Waals surface area contributed by atoms with Crippen LogP contribution in [0.5, 0.6) is 0 Å². The van der Waals surface area contributed by atoms with Crippen molar-refractivity contribution in [2.75, 3.05) is 19.3 Å². The van der Waals surface area contributed by atoms with Gasteiger partial charge in [0, 0.05) is 13.1 Å². The minimum atomic E-state index is -3.51. The highest BCUT2D eigenvalue weighted by Gasteiger charge is 2.20. The van der Waals surface area contributed by atoms with Crippen LogP contribution in [0.4, 0.5) is 4.39 Å². The van der Waals surface area contributed by atoms with Crippen LogP contribution in [0.3, 0.4) is 0 Å². The Morgan fingerprint density at radius 1 is 1.04 bits per heavy atom. The second kappa shape index (κ2) is 9.62. The van der Waals surface area contributed by atoms with Crippen molar-refractivity contribution in [3.63, 3.8) is 0 Å². The van der Waals surface area contributed by atoms with Gasteiger partial charge < -0.3 is 5.32 Å². The average Bonchev–Trinajstić information content (AvgIpc) is 2.61. The summed E-state index contributed by atoms with van der Waals surface area (Å²) in [5.74, 6) is -0.617. The lowest BCUT2D eigenvalue weighted by molar-refractivity contribution is -0.121. The van der Waals surface area contributed by atoms with E-state index in [1.807, 2.05) is 31.2 Å². The molecule has 0 aliphatic carbocycles. The Kier molecular flexibility index (Phi) is 7.50. The van der Waals surface area contributed by atoms with Crippen LogP contribution >= 0.6 is 0 Å². The fraction of sp³-hybridized carbons (Fsp3) is 0.350. The third-order valence-electron chi connectivity index (χ3n) is 4.15. The molecule has 5 nitrogen and oxygen atoms in total. The zero-order valence-electron chi connectivity index (χ0n) is 15.6. The number of halogens is 1. The van der Waals surface area contributed by atoms with E-state index in [9.17, 15) is 17.6 Å². The maximum absolute atomic E-state index is 12.9. The molecule has 0 saturated heterocycles. The molecule has 0 unspecified atom stereocenters. The van der Waals surface area contributed by atoms with E-state index in [0.717, 1.165) is 27.3 Å². The van der Waals surface area contributed by atoms with E-state index in [0.29, 0.717) is 19.4 Å². The van der Waals surface area contributed by atoms with Crippen LogP contribution in [0.1, 0.15) is 23.1 Å². The maximum Gasteiger partial charge on any atom is 0.235 e. The number of carbonyl (C=O) groups is 1. The first-order valence-electron chi connectivity index (χ1n) is 8.76. The van der Waals surface area contributed by atoms with Gasteiger partial charge in [0.15, 0.2) is 0 Å². The quantitative estimate of drug-likeness (QED) is 0.667. The number of amides is 1. The van der Waals surface area contributed by atoms with Crippen LogP contribution < -0.4 is 5.32 Å². The molecule has 2 aromatic carbocycles. The first-order chi connectivity index (χ1) is 12.7. The highest BCUT2D eigenvalue weighted by atomic mass is 32.2. The van der Waals surface area contributed by atoms with E-state index in [4.69, 9.17) is 0 Å². The van der Waals surface area contributed by atoms with Crippen molar-refractivity contribution in [1.29, 1.82) is 0 Å². The van der Waals surface area contributed by atoms with E-state index in [1.165, 1.54) is 12.1 Å². The third-order valence-corrected chi connectivity index (χ3v) is 5.34. The van der Waals surface area contributed by atoms with Crippen LogP contribution in [0.2, 0.25) is 0 Å². The van der Waals surface area contributed by atoms with Crippen molar-refractivity contribution in [1.82, 2.24) is 9.62 Å². The van der Waals surface area contributed by atoms with Crippen LogP contribution in [0.15, 0.2) is 48.5 Å². The highest BCUT2D eigenvalue weighted by Crippen LogP contribution is 2.10. The first-order valence-corrected chi connectivity index (χ1v) is 10.6. The van der Waals surface area contributed by atoms with Crippen LogP contribution in [0, 0.1) is 12.7 Å². The summed E-state index contributed by atoms with van der Waals surface area (Å²) in [6.07, 6.45) is 2.50. The van der Waals surface area contributed by atoms with Gasteiger partial charge in [-0.25, -0.2) is 12.8 Å². The Morgan fingerprint density at radius 2 is 1.63 bits per heavy atom. The lowest BCUT2D eigenvalue weighted by Gasteiger charge is -2.19. The number of hydrogen-bond donors (Lipinski definition) is 1. The van der Waals surface area contributed by atoms with Crippen molar-refractivity contribution < 1.29 is 17.6 Å². The standard InChI is InChI=1S/C20H25FN2O3S/c1-16-5-7-18(8-6-16)14-23(27(2,25)26)15-20(24)22-13-3-4-17-9-11-19(21)12-10-17/h5-12H,3-4,13-15H2,1-2H3,(H,22,24). The normalized spacial score (nSPS) is 11.6. The van der Waals surface area contributed by atoms with Gasteiger partial charge >= 0.3 is 0 Å². The van der Waals surface area contributed by atoms with Gasteiger partial charge in [-0.3, -0.25) is 4.79 Å². The van der Waals surface area contributed by atoms with E-state index in [1.54, 1.807) is 12.1 Å². The fourth-order valence-electron chi connectivity index (χ4n) is 2.58. The largest absolute Gasteiger partial charge is 0.355 e. The number of nitrogens with one attached hydrogen (secondary N) is 1. The second-order valence-electron chi connectivity index (χ2n) is 6.60. The summed E-state index contributed by atoms with van der Waals surface area (Å²) >= 11 is 0. The molecule has 0 radical (unpaired) electrons. The molecule has 2 aromatic rings. The van der Waals surface area contributed by atoms with Gasteiger partial charge in [-0.05, 0) is 43.0 Å². The number of rotatable bonds is 9. The minimum Gasteiger partial charge on any atom is -0.355 e. The van der Waals surface area contributed by atoms with Gasteiger partial charge in [-0.15, -0.1) is 0 Å². The van der Waals surface area contributed by atoms with Crippen molar-refractivity contribution in [3.8, 4) is 0 Å². The lowest BCUT2D eigenvalue weighted by Crippen LogP contribution is -2.40. The third kappa shape index (κ3) is 7.48. The van der Waals surface area contributed by atoms with E-state index >= 15 is 0 Å². The summed E-state index contributed by atoms with van der Waals surface area (Å²) in [5.41, 5.74) is 2.90. The Hall–Kier alpha value is -2.25. The molecule has 0 aromatic heterocycles. The number of aryl methyl sites for hydroxylation is 2. The smallest absolute Gasteiger partial charge is 0.235 e. The predicted molar refractivity (Wildman–Crippen MR) is 104 cm³/mol. The zero-order chi connectivity index (χ0) is 19.9. The molecule has 0 atom stereocenters. The summed E-state index contributed by atoms with van der Waals surface area (Å²) in [5, 5.41) is 2.74. The number of carbonyl (C=O) groups excluding carboxylic acids is 1. The number of nitrogens with zero attached hydrogens (tertiary/aromatic N) is 1. The Labute approximate surface area is 160 Å². The average molecular weight is 392 g/mol. The van der Waals surface area contributed by atoms with Crippen molar-refractivity contribution >= 4 is 15.9 Å². The van der Waals surface area contributed by atoms with E-state index in [-0.39, 0.29) is 24.8 Å². The summed E-state index contributed by atoms with van der Waals surface area (Å²) in [4.78, 5) is 12.1. The molecule has 146 valence electrons. The minimum absolute atomic E-state index is 0.155. The van der Waals surface area contributed by atoms with Crippen LogP contribution in [-0.4, -0.2) is 38.0 Å². The Bertz CT molecular complexity index is 850. The molecular weight excluding hydrogens is 367 g/mol. The zero-order valence-corrected chi connectivity index (χ0v) is 16.4. The molecular formula is C20H25FN2O3S. The van der Waals surface area contributed by atoms with Gasteiger partial charge in [0.2, 0.25) is 15.9 Å². The molecule has 0 aliphatic rings. The lowest BCUT2D eigenvalue weighted by atomic mass is 10.1. The number of benzene rings is 2. The molecule has 1 N–H and O–H groups in total. The molecule has 2 rings (SSSR count). The van der Waals surface area contributed by atoms with Gasteiger partial charge in [0.1, 0.15) is 5.82 Å². The predicted octanol–water partition coefficient (Wildman–Crippen LogP) is 2.64. The fourth-order valence-corrected chi connectivity index (χ4v) is 3.31. The molecule has 0 fully saturated rings. The monoisotopic (exact) mass is 392 g/mol. The molecule has 0 saturated carbocycles. The number of sulfonamides is 1. The summed E-state index contributed by atoms with van der Waals surface area (Å²) < 4.78 is 38.0. The molecule has 7 heteroatoms. The van der Waals surface area contributed by atoms with Crippen LogP contribution in [-0.2, 0) is 27.8 Å². The SMILES string of the molecule is Cc1ccc(CN(CC(=O)NCCCc2ccc(F)cc2)S(C)(=O)=O)cc1. The highest BCUT2D eigenvalue weighted by molar-refractivity contribution is 7.88. The van der Waals surface area contributed by atoms with Gasteiger partial charge in [-0.2, -0.15) is 4.31 Å².